The van der Waals surface area contributed by atoms with Gasteiger partial charge in [0.25, 0.3) is 11.8 Å². The summed E-state index contributed by atoms with van der Waals surface area (Å²) in [6.07, 6.45) is -0.953. The maximum Gasteiger partial charge on any atom is 0.251 e. The molecule has 1 rings (SSSR count). The van der Waals surface area contributed by atoms with E-state index >= 15 is 0 Å². The summed E-state index contributed by atoms with van der Waals surface area (Å²) in [7, 11) is 0. The van der Waals surface area contributed by atoms with Gasteiger partial charge in [0.1, 0.15) is 0 Å². The summed E-state index contributed by atoms with van der Waals surface area (Å²) in [4.78, 5) is 37.5. The topological polar surface area (TPSA) is 142 Å². The molecule has 1 fully saturated rings. The van der Waals surface area contributed by atoms with Gasteiger partial charge in [-0.1, -0.05) is 0 Å². The molecule has 1 unspecified atom stereocenters. The van der Waals surface area contributed by atoms with Crippen molar-refractivity contribution < 1.29 is 19.2 Å². The van der Waals surface area contributed by atoms with E-state index in [9.17, 15) is 14.4 Å². The van der Waals surface area contributed by atoms with E-state index < -0.39 is 29.4 Å². The molecule has 3 amide bonds. The molecule has 0 aliphatic carbocycles. The molecule has 1 saturated heterocycles. The average Bonchev–Trinajstić information content (AvgIpc) is 2.79. The number of rotatable bonds is 5. The van der Waals surface area contributed by atoms with Crippen LogP contribution >= 0.6 is 0 Å². The molecular formula is C7H12N4O4. The standard InChI is InChI=1S/C7H12N4O4/c1-3(4(8)12)15-11-2-7(11,5(9)13)6(10)14/h3H,2H2,1H3,(H2,8,12)(H2,9,13)(H2,10,14)/t3-,11?/m1/s1. The summed E-state index contributed by atoms with van der Waals surface area (Å²) in [6.45, 7) is 1.32. The fourth-order valence-electron chi connectivity index (χ4n) is 1.07. The fraction of sp³-hybridized carbons (Fsp3) is 0.571. The van der Waals surface area contributed by atoms with Crippen LogP contribution in [0.5, 0.6) is 0 Å². The molecule has 0 bridgehead atoms. The third-order valence-electron chi connectivity index (χ3n) is 2.20. The zero-order valence-corrected chi connectivity index (χ0v) is 8.10. The molecule has 1 heterocycles. The number of carbonyl (C=O) groups excluding carboxylic acids is 3. The number of nitrogens with zero attached hydrogens (tertiary/aromatic N) is 1. The molecule has 0 aromatic rings. The first-order valence-corrected chi connectivity index (χ1v) is 4.16. The molecule has 0 radical (unpaired) electrons. The van der Waals surface area contributed by atoms with Crippen molar-refractivity contribution >= 4 is 17.7 Å². The van der Waals surface area contributed by atoms with E-state index in [0.29, 0.717) is 0 Å². The Hall–Kier alpha value is -1.67. The summed E-state index contributed by atoms with van der Waals surface area (Å²) < 4.78 is 0. The van der Waals surface area contributed by atoms with Crippen molar-refractivity contribution in [2.24, 2.45) is 17.2 Å². The van der Waals surface area contributed by atoms with Crippen molar-refractivity contribution in [3.8, 4) is 0 Å². The minimum Gasteiger partial charge on any atom is -0.367 e. The van der Waals surface area contributed by atoms with E-state index in [4.69, 9.17) is 22.0 Å². The van der Waals surface area contributed by atoms with E-state index in [-0.39, 0.29) is 6.54 Å². The van der Waals surface area contributed by atoms with Crippen LogP contribution in [0.2, 0.25) is 0 Å². The van der Waals surface area contributed by atoms with Crippen LogP contribution in [0.15, 0.2) is 0 Å². The molecule has 1 aliphatic heterocycles. The Morgan fingerprint density at radius 2 is 1.73 bits per heavy atom. The van der Waals surface area contributed by atoms with Crippen LogP contribution in [0, 0.1) is 0 Å². The largest absolute Gasteiger partial charge is 0.367 e. The molecule has 0 spiro atoms. The van der Waals surface area contributed by atoms with Crippen molar-refractivity contribution in [3.63, 3.8) is 0 Å². The Kier molecular flexibility index (Phi) is 2.65. The first kappa shape index (κ1) is 11.4. The van der Waals surface area contributed by atoms with Crippen molar-refractivity contribution in [1.29, 1.82) is 0 Å². The van der Waals surface area contributed by atoms with Crippen molar-refractivity contribution in [2.45, 2.75) is 18.6 Å². The van der Waals surface area contributed by atoms with Crippen LogP contribution in [0.1, 0.15) is 6.92 Å². The normalized spacial score (nSPS) is 24.2. The van der Waals surface area contributed by atoms with Crippen LogP contribution in [-0.4, -0.2) is 41.0 Å². The Morgan fingerprint density at radius 3 is 2.00 bits per heavy atom. The third kappa shape index (κ3) is 1.76. The quantitative estimate of drug-likeness (QED) is 0.328. The molecule has 8 nitrogen and oxygen atoms in total. The predicted molar refractivity (Wildman–Crippen MR) is 47.6 cm³/mol. The zero-order valence-electron chi connectivity index (χ0n) is 8.10. The SMILES string of the molecule is C[C@@H](ON1CC1(C(N)=O)C(N)=O)C(N)=O. The smallest absolute Gasteiger partial charge is 0.251 e. The number of amides is 3. The van der Waals surface area contributed by atoms with E-state index in [0.717, 1.165) is 5.06 Å². The van der Waals surface area contributed by atoms with Gasteiger partial charge < -0.3 is 17.2 Å². The molecule has 0 aromatic heterocycles. The number of primary amides is 3. The highest BCUT2D eigenvalue weighted by molar-refractivity contribution is 6.11. The molecule has 2 atom stereocenters. The van der Waals surface area contributed by atoms with Gasteiger partial charge in [0, 0.05) is 0 Å². The zero-order chi connectivity index (χ0) is 11.8. The van der Waals surface area contributed by atoms with Crippen LogP contribution in [0.3, 0.4) is 0 Å². The minimum atomic E-state index is -1.64. The van der Waals surface area contributed by atoms with E-state index in [1.807, 2.05) is 0 Å². The highest BCUT2D eigenvalue weighted by Gasteiger charge is 2.65. The highest BCUT2D eigenvalue weighted by atomic mass is 16.7. The maximum atomic E-state index is 11.0. The van der Waals surface area contributed by atoms with Crippen LogP contribution < -0.4 is 17.2 Å². The van der Waals surface area contributed by atoms with E-state index in [1.54, 1.807) is 0 Å². The van der Waals surface area contributed by atoms with Gasteiger partial charge in [0.15, 0.2) is 6.10 Å². The molecule has 6 N–H and O–H groups in total. The Labute approximate surface area is 85.3 Å². The molecule has 1 aliphatic rings. The number of carbonyl (C=O) groups is 3. The number of nitrogens with two attached hydrogens (primary N) is 3. The van der Waals surface area contributed by atoms with Gasteiger partial charge in [-0.25, -0.2) is 0 Å². The number of hydrogen-bond donors (Lipinski definition) is 3. The van der Waals surface area contributed by atoms with Crippen molar-refractivity contribution in [1.82, 2.24) is 5.06 Å². The van der Waals surface area contributed by atoms with Crippen LogP contribution in [-0.2, 0) is 19.2 Å². The summed E-state index contributed by atoms with van der Waals surface area (Å²) in [5.74, 6) is -2.54. The van der Waals surface area contributed by atoms with Gasteiger partial charge >= 0.3 is 0 Å². The van der Waals surface area contributed by atoms with Crippen LogP contribution in [0.25, 0.3) is 0 Å². The second-order valence-electron chi connectivity index (χ2n) is 3.28. The number of hydrogen-bond acceptors (Lipinski definition) is 5. The summed E-state index contributed by atoms with van der Waals surface area (Å²) in [5.41, 5.74) is 13.3. The predicted octanol–water partition coefficient (Wildman–Crippen LogP) is -3.18. The molecule has 15 heavy (non-hydrogen) atoms. The lowest BCUT2D eigenvalue weighted by Gasteiger charge is -2.13. The van der Waals surface area contributed by atoms with Gasteiger partial charge in [-0.2, -0.15) is 5.06 Å². The maximum absolute atomic E-state index is 11.0. The van der Waals surface area contributed by atoms with Gasteiger partial charge in [-0.15, -0.1) is 0 Å². The minimum absolute atomic E-state index is 0.0602. The fourth-order valence-corrected chi connectivity index (χ4v) is 1.07. The second kappa shape index (κ2) is 3.48. The lowest BCUT2D eigenvalue weighted by Crippen LogP contribution is -2.48. The second-order valence-corrected chi connectivity index (χ2v) is 3.28. The molecule has 8 heteroatoms. The number of hydroxylamine groups is 2. The first-order chi connectivity index (χ1) is 6.82. The molecular weight excluding hydrogens is 204 g/mol. The first-order valence-electron chi connectivity index (χ1n) is 4.16. The average molecular weight is 216 g/mol. The Bertz CT molecular complexity index is 315. The lowest BCUT2D eigenvalue weighted by atomic mass is 10.1. The summed E-state index contributed by atoms with van der Waals surface area (Å²) in [6, 6.07) is 0. The third-order valence-corrected chi connectivity index (χ3v) is 2.20. The van der Waals surface area contributed by atoms with Crippen LogP contribution in [0.4, 0.5) is 0 Å². The Morgan fingerprint density at radius 1 is 1.27 bits per heavy atom. The van der Waals surface area contributed by atoms with Gasteiger partial charge in [-0.3, -0.25) is 19.2 Å². The van der Waals surface area contributed by atoms with Gasteiger partial charge in [0.05, 0.1) is 6.54 Å². The summed E-state index contributed by atoms with van der Waals surface area (Å²) in [5, 5.41) is 0.951. The van der Waals surface area contributed by atoms with Crippen molar-refractivity contribution in [3.05, 3.63) is 0 Å². The lowest BCUT2D eigenvalue weighted by molar-refractivity contribution is -0.166. The molecule has 0 aromatic carbocycles. The van der Waals surface area contributed by atoms with E-state index in [2.05, 4.69) is 0 Å². The summed E-state index contributed by atoms with van der Waals surface area (Å²) >= 11 is 0. The van der Waals surface area contributed by atoms with Crippen molar-refractivity contribution in [2.75, 3.05) is 6.54 Å². The molecule has 0 saturated carbocycles. The van der Waals surface area contributed by atoms with Gasteiger partial charge in [0.2, 0.25) is 11.4 Å². The van der Waals surface area contributed by atoms with Gasteiger partial charge in [-0.05, 0) is 6.92 Å². The Balaban J connectivity index is 2.67. The monoisotopic (exact) mass is 216 g/mol. The molecule has 84 valence electrons. The van der Waals surface area contributed by atoms with E-state index in [1.165, 1.54) is 6.92 Å². The highest BCUT2D eigenvalue weighted by Crippen LogP contribution is 2.32.